The minimum absolute atomic E-state index is 0.0703. The topological polar surface area (TPSA) is 56.5 Å². The summed E-state index contributed by atoms with van der Waals surface area (Å²) in [6, 6.07) is 16.7. The van der Waals surface area contributed by atoms with Gasteiger partial charge in [0, 0.05) is 17.9 Å². The highest BCUT2D eigenvalue weighted by Gasteiger charge is 2.25. The lowest BCUT2D eigenvalue weighted by Gasteiger charge is -2.28. The number of para-hydroxylation sites is 1. The first-order valence-corrected chi connectivity index (χ1v) is 8.77. The fourth-order valence-corrected chi connectivity index (χ4v) is 3.42. The van der Waals surface area contributed by atoms with Crippen molar-refractivity contribution in [1.82, 2.24) is 4.90 Å². The van der Waals surface area contributed by atoms with Crippen LogP contribution in [-0.4, -0.2) is 28.3 Å². The molecule has 24 heavy (non-hydrogen) atoms. The number of thioether (sulfide) groups is 1. The van der Waals surface area contributed by atoms with E-state index < -0.39 is 0 Å². The zero-order chi connectivity index (χ0) is 16.9. The molecular formula is C19H17N3OS. The van der Waals surface area contributed by atoms with E-state index in [0.717, 1.165) is 28.6 Å². The minimum atomic E-state index is -0.0703. The summed E-state index contributed by atoms with van der Waals surface area (Å²) in [5.41, 5.74) is 3.10. The Balaban J connectivity index is 1.90. The number of hydrogen-bond donors (Lipinski definition) is 0. The zero-order valence-electron chi connectivity index (χ0n) is 13.4. The van der Waals surface area contributed by atoms with E-state index in [2.05, 4.69) is 6.07 Å². The van der Waals surface area contributed by atoms with E-state index in [4.69, 9.17) is 10.3 Å². The van der Waals surface area contributed by atoms with Crippen LogP contribution in [0.1, 0.15) is 27.9 Å². The average Bonchev–Trinajstić information content (AvgIpc) is 2.63. The normalized spacial score (nSPS) is 16.0. The fourth-order valence-electron chi connectivity index (χ4n) is 2.48. The molecule has 0 aromatic heterocycles. The molecule has 0 bridgehead atoms. The number of aliphatic imine (C=N–C) groups is 1. The Kier molecular flexibility index (Phi) is 4.97. The Morgan fingerprint density at radius 2 is 1.96 bits per heavy atom. The Bertz CT molecular complexity index is 821. The van der Waals surface area contributed by atoms with Gasteiger partial charge in [-0.25, -0.2) is 4.99 Å². The van der Waals surface area contributed by atoms with E-state index in [1.807, 2.05) is 31.2 Å². The van der Waals surface area contributed by atoms with Gasteiger partial charge in [0.1, 0.15) is 0 Å². The highest BCUT2D eigenvalue weighted by molar-refractivity contribution is 8.13. The van der Waals surface area contributed by atoms with Gasteiger partial charge in [-0.05, 0) is 49.2 Å². The van der Waals surface area contributed by atoms with Crippen LogP contribution in [0.15, 0.2) is 53.5 Å². The van der Waals surface area contributed by atoms with Crippen LogP contribution in [0.4, 0.5) is 5.69 Å². The lowest BCUT2D eigenvalue weighted by molar-refractivity contribution is 0.0849. The number of nitrogens with zero attached hydrogens (tertiary/aromatic N) is 3. The molecule has 1 fully saturated rings. The van der Waals surface area contributed by atoms with Gasteiger partial charge in [-0.2, -0.15) is 5.26 Å². The van der Waals surface area contributed by atoms with Crippen molar-refractivity contribution in [3.8, 4) is 6.07 Å². The second kappa shape index (κ2) is 7.33. The third-order valence-corrected chi connectivity index (χ3v) is 4.89. The van der Waals surface area contributed by atoms with Crippen molar-refractivity contribution in [2.24, 2.45) is 4.99 Å². The first kappa shape index (κ1) is 16.3. The van der Waals surface area contributed by atoms with Crippen LogP contribution < -0.4 is 0 Å². The molecule has 1 heterocycles. The minimum Gasteiger partial charge on any atom is -0.287 e. The quantitative estimate of drug-likeness (QED) is 0.829. The third kappa shape index (κ3) is 3.50. The van der Waals surface area contributed by atoms with Crippen LogP contribution >= 0.6 is 11.8 Å². The van der Waals surface area contributed by atoms with Gasteiger partial charge in [-0.1, -0.05) is 30.0 Å². The molecule has 120 valence electrons. The maximum Gasteiger partial charge on any atom is 0.259 e. The van der Waals surface area contributed by atoms with Crippen molar-refractivity contribution in [2.45, 2.75) is 13.3 Å². The van der Waals surface area contributed by atoms with E-state index in [-0.39, 0.29) is 5.91 Å². The summed E-state index contributed by atoms with van der Waals surface area (Å²) < 4.78 is 0. The van der Waals surface area contributed by atoms with E-state index in [1.165, 1.54) is 0 Å². The molecule has 0 aliphatic carbocycles. The van der Waals surface area contributed by atoms with Gasteiger partial charge >= 0.3 is 0 Å². The monoisotopic (exact) mass is 335 g/mol. The molecule has 5 heteroatoms. The first-order chi connectivity index (χ1) is 11.7. The van der Waals surface area contributed by atoms with Crippen LogP contribution in [0.5, 0.6) is 0 Å². The van der Waals surface area contributed by atoms with Gasteiger partial charge in [-0.3, -0.25) is 9.69 Å². The molecule has 1 amide bonds. The molecular weight excluding hydrogens is 318 g/mol. The van der Waals surface area contributed by atoms with Gasteiger partial charge in [-0.15, -0.1) is 0 Å². The van der Waals surface area contributed by atoms with Crippen molar-refractivity contribution in [1.29, 1.82) is 5.26 Å². The summed E-state index contributed by atoms with van der Waals surface area (Å²) in [4.78, 5) is 19.3. The molecule has 0 saturated carbocycles. The molecule has 3 rings (SSSR count). The summed E-state index contributed by atoms with van der Waals surface area (Å²) in [5.74, 6) is 0.890. The third-order valence-electron chi connectivity index (χ3n) is 3.83. The second-order valence-corrected chi connectivity index (χ2v) is 6.59. The Morgan fingerprint density at radius 1 is 1.21 bits per heavy atom. The average molecular weight is 335 g/mol. The lowest BCUT2D eigenvalue weighted by atomic mass is 10.1. The predicted octanol–water partition coefficient (Wildman–Crippen LogP) is 4.13. The zero-order valence-corrected chi connectivity index (χ0v) is 14.2. The smallest absolute Gasteiger partial charge is 0.259 e. The number of hydrogen-bond acceptors (Lipinski definition) is 4. The Hall–Kier alpha value is -2.58. The van der Waals surface area contributed by atoms with Crippen LogP contribution in [0.25, 0.3) is 0 Å². The Morgan fingerprint density at radius 3 is 2.67 bits per heavy atom. The number of aryl methyl sites for hydroxylation is 1. The molecule has 0 atom stereocenters. The van der Waals surface area contributed by atoms with E-state index in [1.54, 1.807) is 40.9 Å². The van der Waals surface area contributed by atoms with E-state index >= 15 is 0 Å². The standard InChI is InChI=1S/C19H17N3OS/c1-14-5-2-3-6-17(14)21-19-22(11-4-12-24-19)18(23)16-9-7-15(13-20)8-10-16/h2-3,5-10H,4,11-12H2,1H3. The molecule has 1 saturated heterocycles. The van der Waals surface area contributed by atoms with Crippen molar-refractivity contribution in [3.63, 3.8) is 0 Å². The molecule has 0 unspecified atom stereocenters. The highest BCUT2D eigenvalue weighted by atomic mass is 32.2. The number of amidine groups is 1. The SMILES string of the molecule is Cc1ccccc1N=C1SCCCN1C(=O)c1ccc(C#N)cc1. The molecule has 0 spiro atoms. The van der Waals surface area contributed by atoms with E-state index in [0.29, 0.717) is 17.7 Å². The van der Waals surface area contributed by atoms with Gasteiger partial charge < -0.3 is 0 Å². The van der Waals surface area contributed by atoms with Crippen LogP contribution in [0, 0.1) is 18.3 Å². The summed E-state index contributed by atoms with van der Waals surface area (Å²) in [6.07, 6.45) is 0.944. The molecule has 0 radical (unpaired) electrons. The summed E-state index contributed by atoms with van der Waals surface area (Å²) >= 11 is 1.61. The van der Waals surface area contributed by atoms with Crippen molar-refractivity contribution >= 4 is 28.5 Å². The van der Waals surface area contributed by atoms with Crippen LogP contribution in [-0.2, 0) is 0 Å². The van der Waals surface area contributed by atoms with Crippen molar-refractivity contribution < 1.29 is 4.79 Å². The molecule has 4 nitrogen and oxygen atoms in total. The van der Waals surface area contributed by atoms with Crippen LogP contribution in [0.3, 0.4) is 0 Å². The van der Waals surface area contributed by atoms with E-state index in [9.17, 15) is 4.79 Å². The number of nitriles is 1. The largest absolute Gasteiger partial charge is 0.287 e. The van der Waals surface area contributed by atoms with Gasteiger partial charge in [0.05, 0.1) is 17.3 Å². The number of amides is 1. The lowest BCUT2D eigenvalue weighted by Crippen LogP contribution is -2.39. The first-order valence-electron chi connectivity index (χ1n) is 7.78. The Labute approximate surface area is 145 Å². The highest BCUT2D eigenvalue weighted by Crippen LogP contribution is 2.25. The summed E-state index contributed by atoms with van der Waals surface area (Å²) in [6.45, 7) is 2.68. The molecule has 0 N–H and O–H groups in total. The van der Waals surface area contributed by atoms with Gasteiger partial charge in [0.25, 0.3) is 5.91 Å². The number of rotatable bonds is 2. The number of carbonyl (C=O) groups is 1. The summed E-state index contributed by atoms with van der Waals surface area (Å²) in [5, 5.41) is 9.62. The van der Waals surface area contributed by atoms with Crippen molar-refractivity contribution in [3.05, 3.63) is 65.2 Å². The maximum atomic E-state index is 12.8. The maximum absolute atomic E-state index is 12.8. The van der Waals surface area contributed by atoms with Crippen LogP contribution in [0.2, 0.25) is 0 Å². The molecule has 1 aliphatic rings. The molecule has 2 aromatic rings. The predicted molar refractivity (Wildman–Crippen MR) is 97.5 cm³/mol. The fraction of sp³-hybridized carbons (Fsp3) is 0.211. The number of carbonyl (C=O) groups excluding carboxylic acids is 1. The second-order valence-electron chi connectivity index (χ2n) is 5.53. The number of benzene rings is 2. The van der Waals surface area contributed by atoms with Gasteiger partial charge in [0.15, 0.2) is 5.17 Å². The molecule has 2 aromatic carbocycles. The van der Waals surface area contributed by atoms with Crippen molar-refractivity contribution in [2.75, 3.05) is 12.3 Å². The molecule has 1 aliphatic heterocycles. The summed E-state index contributed by atoms with van der Waals surface area (Å²) in [7, 11) is 0. The van der Waals surface area contributed by atoms with Gasteiger partial charge in [0.2, 0.25) is 0 Å².